The van der Waals surface area contributed by atoms with Gasteiger partial charge in [-0.3, -0.25) is 0 Å². The number of hydrogen-bond acceptors (Lipinski definition) is 5. The molecule has 0 aliphatic rings. The second-order valence-corrected chi connectivity index (χ2v) is 5.09. The summed E-state index contributed by atoms with van der Waals surface area (Å²) >= 11 is 7.49. The van der Waals surface area contributed by atoms with Gasteiger partial charge >= 0.3 is 0 Å². The number of hydrogen-bond donors (Lipinski definition) is 1. The Bertz CT molecular complexity index is 335. The SMILES string of the molecule is CCCCCSc1nc(Cl)nc(NCCC)n1. The summed E-state index contributed by atoms with van der Waals surface area (Å²) in [7, 11) is 0. The topological polar surface area (TPSA) is 50.7 Å². The molecule has 1 rings (SSSR count). The number of rotatable bonds is 8. The summed E-state index contributed by atoms with van der Waals surface area (Å²) in [6, 6.07) is 0. The van der Waals surface area contributed by atoms with Crippen molar-refractivity contribution in [2.75, 3.05) is 17.6 Å². The van der Waals surface area contributed by atoms with Gasteiger partial charge in [0.25, 0.3) is 0 Å². The molecular weight excluding hydrogens is 256 g/mol. The molecule has 6 heteroatoms. The molecule has 0 amide bonds. The summed E-state index contributed by atoms with van der Waals surface area (Å²) in [5.41, 5.74) is 0. The fourth-order valence-corrected chi connectivity index (χ4v) is 2.27. The molecule has 0 bridgehead atoms. The Morgan fingerprint density at radius 3 is 2.65 bits per heavy atom. The zero-order valence-corrected chi connectivity index (χ0v) is 11.9. The fourth-order valence-electron chi connectivity index (χ4n) is 1.23. The number of nitrogens with one attached hydrogen (secondary N) is 1. The molecule has 0 saturated heterocycles. The zero-order valence-electron chi connectivity index (χ0n) is 10.4. The summed E-state index contributed by atoms with van der Waals surface area (Å²) in [5, 5.41) is 4.09. The van der Waals surface area contributed by atoms with Gasteiger partial charge in [-0.2, -0.15) is 15.0 Å². The highest BCUT2D eigenvalue weighted by atomic mass is 35.5. The van der Waals surface area contributed by atoms with E-state index in [-0.39, 0.29) is 5.28 Å². The van der Waals surface area contributed by atoms with Gasteiger partial charge < -0.3 is 5.32 Å². The molecule has 0 atom stereocenters. The molecule has 0 radical (unpaired) electrons. The van der Waals surface area contributed by atoms with E-state index in [9.17, 15) is 0 Å². The second kappa shape index (κ2) is 8.53. The predicted octanol–water partition coefficient (Wildman–Crippen LogP) is 3.63. The first-order valence-electron chi connectivity index (χ1n) is 6.04. The molecule has 0 aliphatic heterocycles. The summed E-state index contributed by atoms with van der Waals surface area (Å²) in [6.45, 7) is 5.13. The molecule has 96 valence electrons. The van der Waals surface area contributed by atoms with Crippen LogP contribution in [0.4, 0.5) is 5.95 Å². The van der Waals surface area contributed by atoms with Crippen LogP contribution in [-0.4, -0.2) is 27.2 Å². The van der Waals surface area contributed by atoms with Crippen LogP contribution < -0.4 is 5.32 Å². The lowest BCUT2D eigenvalue weighted by atomic mass is 10.3. The van der Waals surface area contributed by atoms with E-state index >= 15 is 0 Å². The second-order valence-electron chi connectivity index (χ2n) is 3.69. The van der Waals surface area contributed by atoms with E-state index in [1.54, 1.807) is 11.8 Å². The van der Waals surface area contributed by atoms with Gasteiger partial charge in [0.05, 0.1) is 0 Å². The third-order valence-corrected chi connectivity index (χ3v) is 3.20. The predicted molar refractivity (Wildman–Crippen MR) is 73.9 cm³/mol. The molecule has 17 heavy (non-hydrogen) atoms. The maximum atomic E-state index is 5.85. The minimum atomic E-state index is 0.261. The summed E-state index contributed by atoms with van der Waals surface area (Å²) in [6.07, 6.45) is 4.68. The molecular formula is C11H19ClN4S. The molecule has 1 aromatic rings. The summed E-state index contributed by atoms with van der Waals surface area (Å²) in [4.78, 5) is 12.5. The van der Waals surface area contributed by atoms with Crippen molar-refractivity contribution in [2.24, 2.45) is 0 Å². The van der Waals surface area contributed by atoms with Crippen LogP contribution >= 0.6 is 23.4 Å². The Balaban J connectivity index is 2.50. The van der Waals surface area contributed by atoms with Crippen molar-refractivity contribution in [1.82, 2.24) is 15.0 Å². The quantitative estimate of drug-likeness (QED) is 0.579. The van der Waals surface area contributed by atoms with Crippen molar-refractivity contribution in [1.29, 1.82) is 0 Å². The van der Waals surface area contributed by atoms with E-state index in [0.717, 1.165) is 18.7 Å². The first kappa shape index (κ1) is 14.5. The first-order chi connectivity index (χ1) is 8.26. The van der Waals surface area contributed by atoms with Crippen LogP contribution in [0.3, 0.4) is 0 Å². The van der Waals surface area contributed by atoms with Gasteiger partial charge in [-0.05, 0) is 24.4 Å². The first-order valence-corrected chi connectivity index (χ1v) is 7.40. The summed E-state index contributed by atoms with van der Waals surface area (Å²) in [5.74, 6) is 1.60. The van der Waals surface area contributed by atoms with Gasteiger partial charge in [-0.15, -0.1) is 0 Å². The highest BCUT2D eigenvalue weighted by Gasteiger charge is 2.04. The van der Waals surface area contributed by atoms with Crippen LogP contribution in [0.2, 0.25) is 5.28 Å². The third kappa shape index (κ3) is 6.07. The standard InChI is InChI=1S/C11H19ClN4S/c1-3-5-6-8-17-11-15-9(12)14-10(16-11)13-7-4-2/h3-8H2,1-2H3,(H,13,14,15,16). The number of halogens is 1. The van der Waals surface area contributed by atoms with E-state index in [1.807, 2.05) is 0 Å². The molecule has 0 unspecified atom stereocenters. The average molecular weight is 275 g/mol. The Morgan fingerprint density at radius 1 is 1.12 bits per heavy atom. The summed E-state index contributed by atoms with van der Waals surface area (Å²) < 4.78 is 0. The Hall–Kier alpha value is -0.550. The number of thioether (sulfide) groups is 1. The minimum absolute atomic E-state index is 0.261. The maximum absolute atomic E-state index is 5.85. The van der Waals surface area contributed by atoms with Crippen molar-refractivity contribution in [3.05, 3.63) is 5.28 Å². The lowest BCUT2D eigenvalue weighted by Gasteiger charge is -2.05. The zero-order chi connectivity index (χ0) is 12.5. The molecule has 0 aliphatic carbocycles. The smallest absolute Gasteiger partial charge is 0.228 e. The fraction of sp³-hybridized carbons (Fsp3) is 0.727. The third-order valence-electron chi connectivity index (χ3n) is 2.10. The van der Waals surface area contributed by atoms with E-state index in [0.29, 0.717) is 11.1 Å². The molecule has 0 fully saturated rings. The molecule has 4 nitrogen and oxygen atoms in total. The van der Waals surface area contributed by atoms with Crippen molar-refractivity contribution in [3.63, 3.8) is 0 Å². The van der Waals surface area contributed by atoms with Gasteiger partial charge in [0, 0.05) is 12.3 Å². The molecule has 1 N–H and O–H groups in total. The van der Waals surface area contributed by atoms with E-state index in [2.05, 4.69) is 34.1 Å². The number of unbranched alkanes of at least 4 members (excludes halogenated alkanes) is 2. The van der Waals surface area contributed by atoms with E-state index in [1.165, 1.54) is 19.3 Å². The Kier molecular flexibility index (Phi) is 7.28. The van der Waals surface area contributed by atoms with Crippen molar-refractivity contribution >= 4 is 29.3 Å². The van der Waals surface area contributed by atoms with Crippen LogP contribution in [0.1, 0.15) is 39.5 Å². The lowest BCUT2D eigenvalue weighted by Crippen LogP contribution is -2.06. The van der Waals surface area contributed by atoms with Crippen LogP contribution in [0.15, 0.2) is 5.16 Å². The normalized spacial score (nSPS) is 10.5. The van der Waals surface area contributed by atoms with Crippen molar-refractivity contribution in [2.45, 2.75) is 44.7 Å². The van der Waals surface area contributed by atoms with E-state index in [4.69, 9.17) is 11.6 Å². The Labute approximate surface area is 112 Å². The molecule has 0 aromatic carbocycles. The largest absolute Gasteiger partial charge is 0.354 e. The van der Waals surface area contributed by atoms with Gasteiger partial charge in [-0.1, -0.05) is 38.5 Å². The van der Waals surface area contributed by atoms with Crippen LogP contribution in [-0.2, 0) is 0 Å². The lowest BCUT2D eigenvalue weighted by molar-refractivity contribution is 0.776. The van der Waals surface area contributed by atoms with Gasteiger partial charge in [-0.25, -0.2) is 0 Å². The van der Waals surface area contributed by atoms with Gasteiger partial charge in [0.15, 0.2) is 5.16 Å². The molecule has 0 saturated carbocycles. The number of aromatic nitrogens is 3. The van der Waals surface area contributed by atoms with Gasteiger partial charge in [0.1, 0.15) is 0 Å². The van der Waals surface area contributed by atoms with Crippen LogP contribution in [0, 0.1) is 0 Å². The Morgan fingerprint density at radius 2 is 1.94 bits per heavy atom. The minimum Gasteiger partial charge on any atom is -0.354 e. The van der Waals surface area contributed by atoms with Crippen LogP contribution in [0.25, 0.3) is 0 Å². The molecule has 0 spiro atoms. The highest BCUT2D eigenvalue weighted by molar-refractivity contribution is 7.99. The number of nitrogens with zero attached hydrogens (tertiary/aromatic N) is 3. The molecule has 1 heterocycles. The van der Waals surface area contributed by atoms with Crippen LogP contribution in [0.5, 0.6) is 0 Å². The van der Waals surface area contributed by atoms with Gasteiger partial charge in [0.2, 0.25) is 11.2 Å². The van der Waals surface area contributed by atoms with Crippen molar-refractivity contribution < 1.29 is 0 Å². The average Bonchev–Trinajstić information content (AvgIpc) is 2.31. The van der Waals surface area contributed by atoms with Crippen molar-refractivity contribution in [3.8, 4) is 0 Å². The maximum Gasteiger partial charge on any atom is 0.228 e. The highest BCUT2D eigenvalue weighted by Crippen LogP contribution is 2.18. The number of anilines is 1. The molecule has 1 aromatic heterocycles. The monoisotopic (exact) mass is 274 g/mol. The van der Waals surface area contributed by atoms with E-state index < -0.39 is 0 Å².